The van der Waals surface area contributed by atoms with E-state index in [2.05, 4.69) is 0 Å². The van der Waals surface area contributed by atoms with E-state index in [1.807, 2.05) is 12.1 Å². The molecule has 2 aromatic rings. The number of likely N-dealkylation sites (tertiary alicyclic amines) is 1. The van der Waals surface area contributed by atoms with Crippen LogP contribution in [0.5, 0.6) is 5.75 Å². The van der Waals surface area contributed by atoms with E-state index in [0.29, 0.717) is 31.0 Å². The van der Waals surface area contributed by atoms with Gasteiger partial charge in [-0.05, 0) is 48.9 Å². The summed E-state index contributed by atoms with van der Waals surface area (Å²) in [6.45, 7) is 1.05. The number of carboxylic acid groups (broad SMARTS) is 1. The molecule has 0 saturated carbocycles. The molecular formula is C21H22FNO4. The Kier molecular flexibility index (Phi) is 5.74. The maximum atomic E-state index is 14.3. The van der Waals surface area contributed by atoms with Crippen molar-refractivity contribution < 1.29 is 23.8 Å². The van der Waals surface area contributed by atoms with Gasteiger partial charge >= 0.3 is 5.97 Å². The smallest absolute Gasteiger partial charge is 0.335 e. The topological polar surface area (TPSA) is 66.8 Å². The minimum atomic E-state index is -0.924. The molecule has 6 heteroatoms. The summed E-state index contributed by atoms with van der Waals surface area (Å²) in [5, 5.41) is 9.31. The number of carbonyl (C=O) groups excluding carboxylic acids is 1. The predicted octanol–water partition coefficient (Wildman–Crippen LogP) is 3.63. The lowest BCUT2D eigenvalue weighted by Crippen LogP contribution is -2.39. The first-order valence-electron chi connectivity index (χ1n) is 8.94. The van der Waals surface area contributed by atoms with E-state index in [1.165, 1.54) is 19.2 Å². The van der Waals surface area contributed by atoms with E-state index in [1.54, 1.807) is 23.1 Å². The maximum absolute atomic E-state index is 14.3. The number of carboxylic acids is 1. The molecule has 0 radical (unpaired) electrons. The van der Waals surface area contributed by atoms with Gasteiger partial charge in [0.15, 0.2) is 11.6 Å². The van der Waals surface area contributed by atoms with E-state index in [-0.39, 0.29) is 17.2 Å². The number of piperidine rings is 1. The fraction of sp³-hybridized carbons (Fsp3) is 0.333. The lowest BCUT2D eigenvalue weighted by molar-refractivity contribution is 0.0685. The molecule has 1 fully saturated rings. The minimum absolute atomic E-state index is 0.0176. The van der Waals surface area contributed by atoms with Crippen molar-refractivity contribution in [3.8, 4) is 5.75 Å². The molecule has 1 saturated heterocycles. The van der Waals surface area contributed by atoms with E-state index in [0.717, 1.165) is 18.4 Å². The summed E-state index contributed by atoms with van der Waals surface area (Å²) in [6.07, 6.45) is 2.18. The summed E-state index contributed by atoms with van der Waals surface area (Å²) in [5.41, 5.74) is 1.16. The third kappa shape index (κ3) is 4.10. The first-order chi connectivity index (χ1) is 13.0. The second-order valence-electron chi connectivity index (χ2n) is 6.72. The van der Waals surface area contributed by atoms with Gasteiger partial charge in [0.25, 0.3) is 5.91 Å². The Hall–Kier alpha value is -2.89. The standard InChI is InChI=1S/C21H22FNO4/c1-27-18-8-4-7-17(19(18)22)20(24)23-11-9-14(10-12-23)13-15-5-2-3-6-16(15)21(25)26/h2-8,14H,9-13H2,1H3,(H,25,26). The number of ether oxygens (including phenoxy) is 1. The average Bonchev–Trinajstić information content (AvgIpc) is 2.68. The van der Waals surface area contributed by atoms with Crippen LogP contribution in [-0.2, 0) is 6.42 Å². The first kappa shape index (κ1) is 18.9. The molecule has 0 bridgehead atoms. The van der Waals surface area contributed by atoms with Crippen LogP contribution in [0.1, 0.15) is 39.1 Å². The Bertz CT molecular complexity index is 844. The second-order valence-corrected chi connectivity index (χ2v) is 6.72. The molecule has 0 atom stereocenters. The average molecular weight is 371 g/mol. The first-order valence-corrected chi connectivity index (χ1v) is 8.94. The van der Waals surface area contributed by atoms with Gasteiger partial charge in [0.05, 0.1) is 18.2 Å². The van der Waals surface area contributed by atoms with Gasteiger partial charge < -0.3 is 14.7 Å². The van der Waals surface area contributed by atoms with Crippen molar-refractivity contribution >= 4 is 11.9 Å². The van der Waals surface area contributed by atoms with E-state index < -0.39 is 11.8 Å². The van der Waals surface area contributed by atoms with Crippen LogP contribution in [-0.4, -0.2) is 42.1 Å². The molecule has 1 amide bonds. The number of amides is 1. The van der Waals surface area contributed by atoms with Crippen LogP contribution in [0.4, 0.5) is 4.39 Å². The third-order valence-electron chi connectivity index (χ3n) is 5.07. The van der Waals surface area contributed by atoms with Gasteiger partial charge in [-0.3, -0.25) is 4.79 Å². The van der Waals surface area contributed by atoms with Crippen LogP contribution in [0, 0.1) is 11.7 Å². The van der Waals surface area contributed by atoms with Gasteiger partial charge in [0.2, 0.25) is 0 Å². The molecule has 0 spiro atoms. The minimum Gasteiger partial charge on any atom is -0.494 e. The Labute approximate surface area is 157 Å². The van der Waals surface area contributed by atoms with Crippen molar-refractivity contribution in [2.75, 3.05) is 20.2 Å². The molecule has 142 valence electrons. The highest BCUT2D eigenvalue weighted by molar-refractivity contribution is 5.95. The number of methoxy groups -OCH3 is 1. The van der Waals surface area contributed by atoms with E-state index >= 15 is 0 Å². The second kappa shape index (κ2) is 8.20. The number of hydrogen-bond acceptors (Lipinski definition) is 3. The molecule has 1 heterocycles. The van der Waals surface area contributed by atoms with Crippen molar-refractivity contribution in [1.29, 1.82) is 0 Å². The van der Waals surface area contributed by atoms with Crippen LogP contribution >= 0.6 is 0 Å². The maximum Gasteiger partial charge on any atom is 0.335 e. The molecule has 27 heavy (non-hydrogen) atoms. The van der Waals surface area contributed by atoms with Gasteiger partial charge in [-0.1, -0.05) is 24.3 Å². The fourth-order valence-corrected chi connectivity index (χ4v) is 3.56. The third-order valence-corrected chi connectivity index (χ3v) is 5.07. The van der Waals surface area contributed by atoms with Crippen molar-refractivity contribution in [1.82, 2.24) is 4.90 Å². The Morgan fingerprint density at radius 3 is 2.44 bits per heavy atom. The highest BCUT2D eigenvalue weighted by atomic mass is 19.1. The highest BCUT2D eigenvalue weighted by Gasteiger charge is 2.27. The van der Waals surface area contributed by atoms with Crippen LogP contribution in [0.15, 0.2) is 42.5 Å². The van der Waals surface area contributed by atoms with Gasteiger partial charge in [-0.2, -0.15) is 0 Å². The SMILES string of the molecule is COc1cccc(C(=O)N2CCC(Cc3ccccc3C(=O)O)CC2)c1F. The van der Waals surface area contributed by atoms with Crippen LogP contribution in [0.25, 0.3) is 0 Å². The van der Waals surface area contributed by atoms with Crippen molar-refractivity contribution in [2.24, 2.45) is 5.92 Å². The molecule has 1 aliphatic rings. The van der Waals surface area contributed by atoms with Gasteiger partial charge in [-0.25, -0.2) is 9.18 Å². The predicted molar refractivity (Wildman–Crippen MR) is 98.7 cm³/mol. The summed E-state index contributed by atoms with van der Waals surface area (Å²) in [7, 11) is 1.37. The molecule has 1 N–H and O–H groups in total. The van der Waals surface area contributed by atoms with Crippen LogP contribution < -0.4 is 4.74 Å². The van der Waals surface area contributed by atoms with Crippen LogP contribution in [0.3, 0.4) is 0 Å². The lowest BCUT2D eigenvalue weighted by Gasteiger charge is -2.32. The Morgan fingerprint density at radius 2 is 1.78 bits per heavy atom. The molecule has 5 nitrogen and oxygen atoms in total. The van der Waals surface area contributed by atoms with E-state index in [9.17, 15) is 19.1 Å². The van der Waals surface area contributed by atoms with Crippen molar-refractivity contribution in [3.05, 3.63) is 65.0 Å². The molecule has 2 aromatic carbocycles. The van der Waals surface area contributed by atoms with E-state index in [4.69, 9.17) is 4.74 Å². The summed E-state index contributed by atoms with van der Waals surface area (Å²) in [4.78, 5) is 25.6. The van der Waals surface area contributed by atoms with Crippen LogP contribution in [0.2, 0.25) is 0 Å². The monoisotopic (exact) mass is 371 g/mol. The van der Waals surface area contributed by atoms with Gasteiger partial charge in [0.1, 0.15) is 0 Å². The quantitative estimate of drug-likeness (QED) is 0.872. The van der Waals surface area contributed by atoms with Crippen molar-refractivity contribution in [3.63, 3.8) is 0 Å². The highest BCUT2D eigenvalue weighted by Crippen LogP contribution is 2.26. The zero-order chi connectivity index (χ0) is 19.4. The summed E-state index contributed by atoms with van der Waals surface area (Å²) >= 11 is 0. The zero-order valence-electron chi connectivity index (χ0n) is 15.2. The molecule has 0 unspecified atom stereocenters. The molecule has 3 rings (SSSR count). The summed E-state index contributed by atoms with van der Waals surface area (Å²) in [6, 6.07) is 11.6. The fourth-order valence-electron chi connectivity index (χ4n) is 3.56. The summed E-state index contributed by atoms with van der Waals surface area (Å²) in [5.74, 6) is -1.55. The Balaban J connectivity index is 1.64. The molecule has 0 aliphatic carbocycles. The Morgan fingerprint density at radius 1 is 1.11 bits per heavy atom. The zero-order valence-corrected chi connectivity index (χ0v) is 15.2. The number of carbonyl (C=O) groups is 2. The number of halogens is 1. The number of aromatic carboxylic acids is 1. The number of benzene rings is 2. The lowest BCUT2D eigenvalue weighted by atomic mass is 9.88. The number of rotatable bonds is 5. The van der Waals surface area contributed by atoms with Crippen molar-refractivity contribution in [2.45, 2.75) is 19.3 Å². The summed E-state index contributed by atoms with van der Waals surface area (Å²) < 4.78 is 19.3. The normalized spacial score (nSPS) is 14.8. The molecule has 1 aliphatic heterocycles. The number of nitrogens with zero attached hydrogens (tertiary/aromatic N) is 1. The number of hydrogen-bond donors (Lipinski definition) is 1. The molecule has 0 aromatic heterocycles. The largest absolute Gasteiger partial charge is 0.494 e. The molecular weight excluding hydrogens is 349 g/mol. The van der Waals surface area contributed by atoms with Gasteiger partial charge in [-0.15, -0.1) is 0 Å². The van der Waals surface area contributed by atoms with Gasteiger partial charge in [0, 0.05) is 13.1 Å².